The van der Waals surface area contributed by atoms with Crippen LogP contribution in [-0.2, 0) is 12.8 Å². The zero-order valence-electron chi connectivity index (χ0n) is 16.8. The summed E-state index contributed by atoms with van der Waals surface area (Å²) in [6.07, 6.45) is 5.95. The van der Waals surface area contributed by atoms with E-state index in [0.717, 1.165) is 38.4 Å². The molecule has 0 aliphatic carbocycles. The quantitative estimate of drug-likeness (QED) is 0.801. The molecule has 0 aromatic heterocycles. The number of nitrogens with zero attached hydrogens (tertiary/aromatic N) is 2. The number of piperidine rings is 1. The zero-order valence-corrected chi connectivity index (χ0v) is 16.8. The SMILES string of the molecule is BCCc1ccc(CC2CN(CC3(N)CCN(C)CC3)C2)c(C)c1C. The molecule has 0 spiro atoms. The highest BCUT2D eigenvalue weighted by Crippen LogP contribution is 2.28. The number of aryl methyl sites for hydroxylation is 1. The third kappa shape index (κ3) is 4.47. The summed E-state index contributed by atoms with van der Waals surface area (Å²) in [7, 11) is 4.47. The van der Waals surface area contributed by atoms with Gasteiger partial charge in [-0.3, -0.25) is 0 Å². The molecule has 138 valence electrons. The molecule has 1 aromatic rings. The Kier molecular flexibility index (Phi) is 5.92. The molecule has 2 saturated heterocycles. The van der Waals surface area contributed by atoms with Crippen LogP contribution in [0.25, 0.3) is 0 Å². The summed E-state index contributed by atoms with van der Waals surface area (Å²) in [5.74, 6) is 0.810. The second-order valence-corrected chi connectivity index (χ2v) is 8.81. The number of likely N-dealkylation sites (tertiary alicyclic amines) is 2. The van der Waals surface area contributed by atoms with E-state index in [1.54, 1.807) is 5.56 Å². The van der Waals surface area contributed by atoms with Gasteiger partial charge >= 0.3 is 0 Å². The molecule has 25 heavy (non-hydrogen) atoms. The summed E-state index contributed by atoms with van der Waals surface area (Å²) in [5.41, 5.74) is 12.8. The summed E-state index contributed by atoms with van der Waals surface area (Å²) in [6, 6.07) is 4.75. The fraction of sp³-hybridized carbons (Fsp3) is 0.714. The monoisotopic (exact) mass is 341 g/mol. The summed E-state index contributed by atoms with van der Waals surface area (Å²) in [6.45, 7) is 10.5. The minimum Gasteiger partial charge on any atom is -0.324 e. The van der Waals surface area contributed by atoms with Crippen molar-refractivity contribution in [2.75, 3.05) is 39.8 Å². The minimum atomic E-state index is 0.0474. The van der Waals surface area contributed by atoms with Crippen LogP contribution in [0.1, 0.15) is 35.1 Å². The summed E-state index contributed by atoms with van der Waals surface area (Å²) < 4.78 is 0. The average Bonchev–Trinajstić information content (AvgIpc) is 2.55. The van der Waals surface area contributed by atoms with Gasteiger partial charge in [-0.2, -0.15) is 0 Å². The molecule has 0 unspecified atom stereocenters. The molecule has 4 heteroatoms. The van der Waals surface area contributed by atoms with Crippen LogP contribution >= 0.6 is 0 Å². The molecule has 0 saturated carbocycles. The summed E-state index contributed by atoms with van der Waals surface area (Å²) in [5, 5.41) is 0. The molecule has 2 fully saturated rings. The summed E-state index contributed by atoms with van der Waals surface area (Å²) >= 11 is 0. The number of benzene rings is 1. The van der Waals surface area contributed by atoms with Crippen molar-refractivity contribution in [1.29, 1.82) is 0 Å². The van der Waals surface area contributed by atoms with Gasteiger partial charge in [0, 0.05) is 25.2 Å². The van der Waals surface area contributed by atoms with Gasteiger partial charge in [0.15, 0.2) is 0 Å². The number of nitrogens with two attached hydrogens (primary N) is 1. The van der Waals surface area contributed by atoms with Gasteiger partial charge in [-0.15, -0.1) is 0 Å². The zero-order chi connectivity index (χ0) is 18.0. The lowest BCUT2D eigenvalue weighted by Crippen LogP contribution is -2.60. The Morgan fingerprint density at radius 2 is 1.72 bits per heavy atom. The Morgan fingerprint density at radius 1 is 1.12 bits per heavy atom. The molecule has 0 atom stereocenters. The van der Waals surface area contributed by atoms with E-state index in [1.165, 1.54) is 48.9 Å². The Bertz CT molecular complexity index is 587. The first-order chi connectivity index (χ1) is 11.9. The van der Waals surface area contributed by atoms with E-state index >= 15 is 0 Å². The van der Waals surface area contributed by atoms with Crippen LogP contribution in [-0.4, -0.2) is 63.0 Å². The predicted molar refractivity (Wildman–Crippen MR) is 110 cm³/mol. The van der Waals surface area contributed by atoms with Crippen molar-refractivity contribution in [3.05, 3.63) is 34.4 Å². The number of hydrogen-bond acceptors (Lipinski definition) is 3. The molecule has 0 bridgehead atoms. The molecule has 3 rings (SSSR count). The van der Waals surface area contributed by atoms with E-state index in [2.05, 4.69) is 50.7 Å². The van der Waals surface area contributed by atoms with Crippen molar-refractivity contribution < 1.29 is 0 Å². The van der Waals surface area contributed by atoms with Crippen LogP contribution in [0.4, 0.5) is 0 Å². The fourth-order valence-electron chi connectivity index (χ4n) is 4.61. The molecule has 2 heterocycles. The smallest absolute Gasteiger partial charge is 0.101 e. The van der Waals surface area contributed by atoms with Crippen molar-refractivity contribution in [2.45, 2.75) is 51.4 Å². The highest BCUT2D eigenvalue weighted by molar-refractivity contribution is 6.08. The Balaban J connectivity index is 1.50. The van der Waals surface area contributed by atoms with Crippen molar-refractivity contribution >= 4 is 7.85 Å². The van der Waals surface area contributed by atoms with Gasteiger partial charge in [0.1, 0.15) is 7.85 Å². The molecule has 1 aromatic carbocycles. The lowest BCUT2D eigenvalue weighted by atomic mass is 9.83. The maximum atomic E-state index is 6.65. The van der Waals surface area contributed by atoms with Crippen LogP contribution in [0.3, 0.4) is 0 Å². The number of rotatable bonds is 6. The normalized spacial score (nSPS) is 22.1. The maximum absolute atomic E-state index is 6.65. The first-order valence-electron chi connectivity index (χ1n) is 10.2. The maximum Gasteiger partial charge on any atom is 0.101 e. The van der Waals surface area contributed by atoms with Gasteiger partial charge in [0.05, 0.1) is 0 Å². The van der Waals surface area contributed by atoms with Crippen molar-refractivity contribution in [3.63, 3.8) is 0 Å². The topological polar surface area (TPSA) is 32.5 Å². The van der Waals surface area contributed by atoms with E-state index in [1.807, 2.05) is 0 Å². The molecule has 2 aliphatic rings. The Morgan fingerprint density at radius 3 is 2.36 bits per heavy atom. The van der Waals surface area contributed by atoms with Gasteiger partial charge in [-0.1, -0.05) is 18.5 Å². The number of hydrogen-bond donors (Lipinski definition) is 1. The molecule has 0 radical (unpaired) electrons. The van der Waals surface area contributed by atoms with Crippen LogP contribution in [0.5, 0.6) is 0 Å². The molecule has 3 nitrogen and oxygen atoms in total. The first kappa shape index (κ1) is 18.9. The van der Waals surface area contributed by atoms with Gasteiger partial charge < -0.3 is 15.5 Å². The van der Waals surface area contributed by atoms with Crippen molar-refractivity contribution in [1.82, 2.24) is 9.80 Å². The summed E-state index contributed by atoms with van der Waals surface area (Å²) in [4.78, 5) is 4.99. The van der Waals surface area contributed by atoms with E-state index in [4.69, 9.17) is 5.73 Å². The second kappa shape index (κ2) is 7.81. The van der Waals surface area contributed by atoms with Crippen LogP contribution in [0.15, 0.2) is 12.1 Å². The lowest BCUT2D eigenvalue weighted by molar-refractivity contribution is 0.0530. The van der Waals surface area contributed by atoms with Crippen molar-refractivity contribution in [2.24, 2.45) is 11.7 Å². The van der Waals surface area contributed by atoms with Crippen LogP contribution in [0.2, 0.25) is 6.32 Å². The van der Waals surface area contributed by atoms with Crippen LogP contribution < -0.4 is 5.73 Å². The van der Waals surface area contributed by atoms with Gasteiger partial charge in [0.25, 0.3) is 0 Å². The van der Waals surface area contributed by atoms with Gasteiger partial charge in [-0.05, 0) is 87.8 Å². The molecule has 2 aliphatic heterocycles. The van der Waals surface area contributed by atoms with E-state index in [-0.39, 0.29) is 5.54 Å². The first-order valence-corrected chi connectivity index (χ1v) is 10.2. The second-order valence-electron chi connectivity index (χ2n) is 8.81. The minimum absolute atomic E-state index is 0.0474. The van der Waals surface area contributed by atoms with Crippen molar-refractivity contribution in [3.8, 4) is 0 Å². The standard InChI is InChI=1S/C21H36BN3/c1-16-17(2)20(5-4-19(16)6-9-22)12-18-13-25(14-18)15-21(23)7-10-24(3)11-8-21/h4-5,18H,6-15,22-23H2,1-3H3. The highest BCUT2D eigenvalue weighted by atomic mass is 15.2. The Labute approximate surface area is 155 Å². The van der Waals surface area contributed by atoms with E-state index < -0.39 is 0 Å². The molecule has 0 amide bonds. The Hall–Kier alpha value is -0.835. The fourth-order valence-corrected chi connectivity index (χ4v) is 4.61. The highest BCUT2D eigenvalue weighted by Gasteiger charge is 2.36. The van der Waals surface area contributed by atoms with Gasteiger partial charge in [-0.25, -0.2) is 0 Å². The molecular weight excluding hydrogens is 305 g/mol. The molecular formula is C21H36BN3. The van der Waals surface area contributed by atoms with E-state index in [0.29, 0.717) is 0 Å². The largest absolute Gasteiger partial charge is 0.324 e. The average molecular weight is 341 g/mol. The predicted octanol–water partition coefficient (Wildman–Crippen LogP) is 1.79. The molecule has 2 N–H and O–H groups in total. The van der Waals surface area contributed by atoms with E-state index in [9.17, 15) is 0 Å². The third-order valence-electron chi connectivity index (χ3n) is 6.59. The lowest BCUT2D eigenvalue weighted by Gasteiger charge is -2.47. The van der Waals surface area contributed by atoms with Crippen LogP contribution in [0, 0.1) is 19.8 Å². The third-order valence-corrected chi connectivity index (χ3v) is 6.59. The van der Waals surface area contributed by atoms with Gasteiger partial charge in [0.2, 0.25) is 0 Å².